The van der Waals surface area contributed by atoms with Crippen LogP contribution >= 0.6 is 23.2 Å². The topological polar surface area (TPSA) is 148 Å². The highest BCUT2D eigenvalue weighted by Gasteiger charge is 2.46. The molecule has 0 bridgehead atoms. The molecule has 0 aromatic heterocycles. The van der Waals surface area contributed by atoms with Crippen molar-refractivity contribution in [3.05, 3.63) is 28.2 Å². The Hall–Kier alpha value is -1.56. The Morgan fingerprint density at radius 1 is 1.26 bits per heavy atom. The first kappa shape index (κ1) is 25.7. The third-order valence-corrected chi connectivity index (χ3v) is 6.12. The third-order valence-electron chi connectivity index (χ3n) is 5.38. The molecule has 12 heteroatoms. The van der Waals surface area contributed by atoms with Gasteiger partial charge in [-0.2, -0.15) is 0 Å². The average molecular weight is 475 g/mol. The van der Waals surface area contributed by atoms with Gasteiger partial charge in [0.05, 0.1) is 22.0 Å². The maximum absolute atomic E-state index is 12.2. The molecule has 1 fully saturated rings. The zero-order valence-electron chi connectivity index (χ0n) is 17.4. The van der Waals surface area contributed by atoms with Crippen LogP contribution in [0.5, 0.6) is 0 Å². The molecule has 2 unspecified atom stereocenters. The summed E-state index contributed by atoms with van der Waals surface area (Å²) in [5.74, 6) is -1.54. The minimum Gasteiger partial charge on any atom is -0.481 e. The zero-order chi connectivity index (χ0) is 23.2. The SMILES string of the molecule is CC(N)(CCCCCC(=O)O)C(B(O)O)N1CC(NC(=O)Nc2ccc(Cl)c(Cl)c2)C1. The Kier molecular flexibility index (Phi) is 9.41. The molecule has 1 aromatic carbocycles. The second-order valence-electron chi connectivity index (χ2n) is 8.20. The molecule has 0 aliphatic carbocycles. The number of carboxylic acids is 1. The van der Waals surface area contributed by atoms with Crippen LogP contribution in [0.25, 0.3) is 0 Å². The molecule has 0 spiro atoms. The Morgan fingerprint density at radius 2 is 1.94 bits per heavy atom. The Morgan fingerprint density at radius 3 is 2.52 bits per heavy atom. The minimum absolute atomic E-state index is 0.108. The van der Waals surface area contributed by atoms with Crippen LogP contribution in [0.3, 0.4) is 0 Å². The largest absolute Gasteiger partial charge is 0.481 e. The summed E-state index contributed by atoms with van der Waals surface area (Å²) in [6, 6.07) is 4.19. The Bertz CT molecular complexity index is 778. The van der Waals surface area contributed by atoms with Gasteiger partial charge in [-0.25, -0.2) is 4.79 Å². The predicted molar refractivity (Wildman–Crippen MR) is 121 cm³/mol. The number of unbranched alkanes of at least 4 members (excludes halogenated alkanes) is 2. The lowest BCUT2D eigenvalue weighted by Crippen LogP contribution is -2.72. The number of likely N-dealkylation sites (tertiary alicyclic amines) is 1. The fourth-order valence-electron chi connectivity index (χ4n) is 3.81. The molecule has 1 heterocycles. The minimum atomic E-state index is -1.64. The number of nitrogens with two attached hydrogens (primary N) is 1. The lowest BCUT2D eigenvalue weighted by Gasteiger charge is -2.49. The number of benzene rings is 1. The molecule has 9 nitrogen and oxygen atoms in total. The normalized spacial score (nSPS) is 17.4. The van der Waals surface area contributed by atoms with Gasteiger partial charge in [0.1, 0.15) is 0 Å². The summed E-state index contributed by atoms with van der Waals surface area (Å²) in [6.07, 6.45) is 2.57. The quantitative estimate of drug-likeness (QED) is 0.212. The van der Waals surface area contributed by atoms with Crippen LogP contribution in [0, 0.1) is 0 Å². The molecular weight excluding hydrogens is 446 g/mol. The number of anilines is 1. The first-order chi connectivity index (χ1) is 14.5. The van der Waals surface area contributed by atoms with Gasteiger partial charge < -0.3 is 31.5 Å². The van der Waals surface area contributed by atoms with Crippen molar-refractivity contribution >= 4 is 48.0 Å². The van der Waals surface area contributed by atoms with Crippen molar-refractivity contribution < 1.29 is 24.7 Å². The lowest BCUT2D eigenvalue weighted by molar-refractivity contribution is -0.137. The maximum atomic E-state index is 12.2. The molecule has 1 saturated heterocycles. The summed E-state index contributed by atoms with van der Waals surface area (Å²) in [5.41, 5.74) is 6.01. The number of carbonyl (C=O) groups is 2. The van der Waals surface area contributed by atoms with Gasteiger partial charge in [0.25, 0.3) is 0 Å². The Labute approximate surface area is 192 Å². The van der Waals surface area contributed by atoms with Gasteiger partial charge in [0.15, 0.2) is 0 Å². The molecular formula is C19H29BCl2N4O5. The third kappa shape index (κ3) is 7.82. The van der Waals surface area contributed by atoms with Crippen LogP contribution in [0.1, 0.15) is 39.0 Å². The van der Waals surface area contributed by atoms with Crippen LogP contribution < -0.4 is 16.4 Å². The number of halogens is 2. The van der Waals surface area contributed by atoms with Crippen molar-refractivity contribution in [3.8, 4) is 0 Å². The highest BCUT2D eigenvalue weighted by molar-refractivity contribution is 6.43. The summed E-state index contributed by atoms with van der Waals surface area (Å²) >= 11 is 11.8. The molecule has 0 radical (unpaired) electrons. The number of hydrogen-bond donors (Lipinski definition) is 6. The molecule has 1 aliphatic heterocycles. The summed E-state index contributed by atoms with van der Waals surface area (Å²) < 4.78 is 0. The molecule has 172 valence electrons. The first-order valence-electron chi connectivity index (χ1n) is 10.1. The van der Waals surface area contributed by atoms with Crippen LogP contribution in [0.15, 0.2) is 18.2 Å². The molecule has 1 aromatic rings. The standard InChI is InChI=1S/C19H29BCl2N4O5/c1-19(23,8-4-2-3-5-16(27)28)17(20(30)31)26-10-13(11-26)25-18(29)24-12-6-7-14(21)15(22)9-12/h6-7,9,13,17,30-31H,2-5,8,10-11,23H2,1H3,(H,27,28)(H2,24,25,29). The van der Waals surface area contributed by atoms with E-state index in [1.807, 2.05) is 4.90 Å². The molecule has 2 amide bonds. The molecule has 1 aliphatic rings. The van der Waals surface area contributed by atoms with Crippen molar-refractivity contribution in [3.63, 3.8) is 0 Å². The van der Waals surface area contributed by atoms with E-state index in [2.05, 4.69) is 10.6 Å². The second-order valence-corrected chi connectivity index (χ2v) is 9.01. The van der Waals surface area contributed by atoms with Gasteiger partial charge in [-0.1, -0.05) is 36.0 Å². The Balaban J connectivity index is 1.81. The monoisotopic (exact) mass is 474 g/mol. The van der Waals surface area contributed by atoms with Crippen LogP contribution in [-0.4, -0.2) is 69.8 Å². The molecule has 2 atom stereocenters. The van der Waals surface area contributed by atoms with Gasteiger partial charge >= 0.3 is 19.1 Å². The number of nitrogens with one attached hydrogen (secondary N) is 2. The number of rotatable bonds is 11. The van der Waals surface area contributed by atoms with E-state index in [1.54, 1.807) is 25.1 Å². The van der Waals surface area contributed by atoms with Gasteiger partial charge in [0, 0.05) is 30.7 Å². The van der Waals surface area contributed by atoms with Crippen molar-refractivity contribution in [1.82, 2.24) is 10.2 Å². The van der Waals surface area contributed by atoms with Crippen molar-refractivity contribution in [1.29, 1.82) is 0 Å². The fourth-order valence-corrected chi connectivity index (χ4v) is 4.11. The van der Waals surface area contributed by atoms with Crippen molar-refractivity contribution in [2.24, 2.45) is 5.73 Å². The summed E-state index contributed by atoms with van der Waals surface area (Å²) in [5, 5.41) is 34.7. The maximum Gasteiger partial charge on any atom is 0.471 e. The number of amides is 2. The molecule has 7 N–H and O–H groups in total. The second kappa shape index (κ2) is 11.4. The van der Waals surface area contributed by atoms with E-state index in [1.165, 1.54) is 0 Å². The van der Waals surface area contributed by atoms with Crippen molar-refractivity contribution in [2.45, 2.75) is 56.5 Å². The number of hydrogen-bond acceptors (Lipinski definition) is 6. The van der Waals surface area contributed by atoms with E-state index in [0.29, 0.717) is 54.5 Å². The first-order valence-corrected chi connectivity index (χ1v) is 10.9. The summed E-state index contributed by atoms with van der Waals surface area (Å²) in [6.45, 7) is 2.60. The van der Waals surface area contributed by atoms with Crippen molar-refractivity contribution in [2.75, 3.05) is 18.4 Å². The smallest absolute Gasteiger partial charge is 0.471 e. The highest BCUT2D eigenvalue weighted by atomic mass is 35.5. The van der Waals surface area contributed by atoms with E-state index in [4.69, 9.17) is 34.0 Å². The van der Waals surface area contributed by atoms with Gasteiger partial charge in [-0.15, -0.1) is 0 Å². The van der Waals surface area contributed by atoms with E-state index in [-0.39, 0.29) is 12.5 Å². The van der Waals surface area contributed by atoms with Gasteiger partial charge in [0.2, 0.25) is 0 Å². The number of aliphatic carboxylic acids is 1. The van der Waals surface area contributed by atoms with E-state index in [0.717, 1.165) is 0 Å². The number of nitrogens with zero attached hydrogens (tertiary/aromatic N) is 1. The molecule has 2 rings (SSSR count). The predicted octanol–water partition coefficient (Wildman–Crippen LogP) is 1.93. The van der Waals surface area contributed by atoms with Gasteiger partial charge in [-0.3, -0.25) is 9.69 Å². The summed E-state index contributed by atoms with van der Waals surface area (Å²) in [4.78, 5) is 24.6. The van der Waals surface area contributed by atoms with E-state index < -0.39 is 30.6 Å². The van der Waals surface area contributed by atoms with Gasteiger partial charge in [-0.05, 0) is 38.0 Å². The average Bonchev–Trinajstić information content (AvgIpc) is 2.61. The number of carbonyl (C=O) groups excluding carboxylic acids is 1. The number of carboxylic acid groups (broad SMARTS) is 1. The zero-order valence-corrected chi connectivity index (χ0v) is 18.9. The fraction of sp³-hybridized carbons (Fsp3) is 0.579. The van der Waals surface area contributed by atoms with Crippen LogP contribution in [0.2, 0.25) is 10.0 Å². The highest BCUT2D eigenvalue weighted by Crippen LogP contribution is 2.27. The molecule has 0 saturated carbocycles. The van der Waals surface area contributed by atoms with Crippen LogP contribution in [-0.2, 0) is 4.79 Å². The molecule has 31 heavy (non-hydrogen) atoms. The van der Waals surface area contributed by atoms with E-state index >= 15 is 0 Å². The van der Waals surface area contributed by atoms with Crippen LogP contribution in [0.4, 0.5) is 10.5 Å². The number of urea groups is 1. The summed E-state index contributed by atoms with van der Waals surface area (Å²) in [7, 11) is -1.64. The lowest BCUT2D eigenvalue weighted by atomic mass is 9.64. The van der Waals surface area contributed by atoms with E-state index in [9.17, 15) is 19.6 Å².